The predicted octanol–water partition coefficient (Wildman–Crippen LogP) is 3.74. The third-order valence-electron chi connectivity index (χ3n) is 3.04. The van der Waals surface area contributed by atoms with Gasteiger partial charge in [-0.25, -0.2) is 0 Å². The number of aryl methyl sites for hydroxylation is 1. The van der Waals surface area contributed by atoms with Crippen LogP contribution in [0.2, 0.25) is 0 Å². The molecule has 0 aliphatic carbocycles. The van der Waals surface area contributed by atoms with Gasteiger partial charge >= 0.3 is 0 Å². The number of hydrogen-bond donors (Lipinski definition) is 1. The molecule has 7 heteroatoms. The van der Waals surface area contributed by atoms with Gasteiger partial charge in [0.25, 0.3) is 0 Å². The van der Waals surface area contributed by atoms with Crippen molar-refractivity contribution >= 4 is 39.3 Å². The summed E-state index contributed by atoms with van der Waals surface area (Å²) in [6, 6.07) is 7.52. The van der Waals surface area contributed by atoms with Crippen molar-refractivity contribution in [3.63, 3.8) is 0 Å². The summed E-state index contributed by atoms with van der Waals surface area (Å²) in [6.45, 7) is 5.00. The molecule has 2 aromatic rings. The van der Waals surface area contributed by atoms with Crippen molar-refractivity contribution in [2.24, 2.45) is 0 Å². The van der Waals surface area contributed by atoms with Gasteiger partial charge in [0.05, 0.1) is 5.75 Å². The molecule has 0 bridgehead atoms. The lowest BCUT2D eigenvalue weighted by atomic mass is 10.3. The Kier molecular flexibility index (Phi) is 6.45. The van der Waals surface area contributed by atoms with Crippen molar-refractivity contribution in [1.29, 1.82) is 0 Å². The minimum atomic E-state index is -0.0463. The third kappa shape index (κ3) is 4.58. The Bertz CT molecular complexity index is 627. The lowest BCUT2D eigenvalue weighted by Gasteiger charge is -2.07. The van der Waals surface area contributed by atoms with E-state index in [-0.39, 0.29) is 5.91 Å². The van der Waals surface area contributed by atoms with E-state index in [0.29, 0.717) is 5.75 Å². The highest BCUT2D eigenvalue weighted by molar-refractivity contribution is 9.10. The van der Waals surface area contributed by atoms with Crippen molar-refractivity contribution < 1.29 is 4.79 Å². The van der Waals surface area contributed by atoms with Crippen LogP contribution in [0.25, 0.3) is 0 Å². The van der Waals surface area contributed by atoms with E-state index in [1.54, 1.807) is 0 Å². The number of nitrogens with one attached hydrogen (secondary N) is 1. The van der Waals surface area contributed by atoms with Crippen molar-refractivity contribution in [2.75, 3.05) is 11.1 Å². The number of thioether (sulfide) groups is 1. The molecule has 0 aliphatic rings. The average molecular weight is 383 g/mol. The summed E-state index contributed by atoms with van der Waals surface area (Å²) >= 11 is 4.79. The van der Waals surface area contributed by atoms with E-state index in [2.05, 4.69) is 49.9 Å². The fraction of sp³-hybridized carbons (Fsp3) is 0.400. The summed E-state index contributed by atoms with van der Waals surface area (Å²) < 4.78 is 3.06. The molecule has 0 saturated heterocycles. The number of hydrogen-bond acceptors (Lipinski definition) is 4. The number of rotatable bonds is 7. The van der Waals surface area contributed by atoms with Gasteiger partial charge in [-0.1, -0.05) is 34.6 Å². The van der Waals surface area contributed by atoms with E-state index in [1.165, 1.54) is 11.8 Å². The Balaban J connectivity index is 1.92. The van der Waals surface area contributed by atoms with Crippen LogP contribution >= 0.6 is 27.7 Å². The molecule has 0 aliphatic heterocycles. The number of carbonyl (C=O) groups excluding carboxylic acids is 1. The second kappa shape index (κ2) is 8.33. The number of halogens is 1. The first-order valence-corrected chi connectivity index (χ1v) is 9.02. The molecule has 1 heterocycles. The molecule has 2 rings (SSSR count). The number of amides is 1. The molecule has 118 valence electrons. The molecular formula is C15H19BrN4OS. The maximum absolute atomic E-state index is 12.0. The SMILES string of the molecule is CCCc1nnc(SCC(=O)Nc2ccc(Br)cc2)n1CC. The molecule has 5 nitrogen and oxygen atoms in total. The van der Waals surface area contributed by atoms with Crippen LogP contribution < -0.4 is 5.32 Å². The van der Waals surface area contributed by atoms with Crippen molar-refractivity contribution in [3.05, 3.63) is 34.6 Å². The molecule has 22 heavy (non-hydrogen) atoms. The molecular weight excluding hydrogens is 364 g/mol. The second-order valence-corrected chi connectivity index (χ2v) is 6.59. The number of benzene rings is 1. The smallest absolute Gasteiger partial charge is 0.234 e. The summed E-state index contributed by atoms with van der Waals surface area (Å²) in [4.78, 5) is 12.0. The minimum Gasteiger partial charge on any atom is -0.325 e. The lowest BCUT2D eigenvalue weighted by Crippen LogP contribution is -2.14. The minimum absolute atomic E-state index is 0.0463. The van der Waals surface area contributed by atoms with Gasteiger partial charge in [0.1, 0.15) is 5.82 Å². The number of anilines is 1. The molecule has 1 aromatic heterocycles. The molecule has 1 N–H and O–H groups in total. The van der Waals surface area contributed by atoms with Crippen molar-refractivity contribution in [1.82, 2.24) is 14.8 Å². The third-order valence-corrected chi connectivity index (χ3v) is 4.54. The van der Waals surface area contributed by atoms with Gasteiger partial charge in [0.15, 0.2) is 5.16 Å². The second-order valence-electron chi connectivity index (χ2n) is 4.74. The fourth-order valence-electron chi connectivity index (χ4n) is 2.01. The van der Waals surface area contributed by atoms with Gasteiger partial charge in [-0.3, -0.25) is 4.79 Å². The Morgan fingerprint density at radius 1 is 1.27 bits per heavy atom. The van der Waals surface area contributed by atoms with Crippen molar-refractivity contribution in [2.45, 2.75) is 38.4 Å². The van der Waals surface area contributed by atoms with Crippen LogP contribution in [0.15, 0.2) is 33.9 Å². The lowest BCUT2D eigenvalue weighted by molar-refractivity contribution is -0.113. The quantitative estimate of drug-likeness (QED) is 0.740. The molecule has 0 spiro atoms. The summed E-state index contributed by atoms with van der Waals surface area (Å²) in [6.07, 6.45) is 1.94. The molecule has 0 saturated carbocycles. The zero-order valence-corrected chi connectivity index (χ0v) is 15.1. The normalized spacial score (nSPS) is 10.7. The molecule has 1 amide bonds. The van der Waals surface area contributed by atoms with Crippen LogP contribution in [-0.2, 0) is 17.8 Å². The maximum Gasteiger partial charge on any atom is 0.234 e. The van der Waals surface area contributed by atoms with Crippen LogP contribution in [-0.4, -0.2) is 26.4 Å². The van der Waals surface area contributed by atoms with E-state index in [4.69, 9.17) is 0 Å². The van der Waals surface area contributed by atoms with E-state index in [0.717, 1.165) is 40.5 Å². The number of carbonyl (C=O) groups is 1. The van der Waals surface area contributed by atoms with Gasteiger partial charge < -0.3 is 9.88 Å². The largest absolute Gasteiger partial charge is 0.325 e. The summed E-state index contributed by atoms with van der Waals surface area (Å²) in [5, 5.41) is 12.1. The standard InChI is InChI=1S/C15H19BrN4OS/c1-3-5-13-18-19-15(20(13)4-2)22-10-14(21)17-12-8-6-11(16)7-9-12/h6-9H,3-5,10H2,1-2H3,(H,17,21). The van der Waals surface area contributed by atoms with Gasteiger partial charge in [0.2, 0.25) is 5.91 Å². The van der Waals surface area contributed by atoms with Crippen LogP contribution in [0.1, 0.15) is 26.1 Å². The van der Waals surface area contributed by atoms with Gasteiger partial charge in [-0.15, -0.1) is 10.2 Å². The molecule has 0 fully saturated rings. The van der Waals surface area contributed by atoms with E-state index >= 15 is 0 Å². The summed E-state index contributed by atoms with van der Waals surface area (Å²) in [5.41, 5.74) is 0.789. The summed E-state index contributed by atoms with van der Waals surface area (Å²) in [5.74, 6) is 1.26. The zero-order valence-electron chi connectivity index (χ0n) is 12.7. The topological polar surface area (TPSA) is 59.8 Å². The Morgan fingerprint density at radius 2 is 2.00 bits per heavy atom. The first-order chi connectivity index (χ1) is 10.6. The maximum atomic E-state index is 12.0. The summed E-state index contributed by atoms with van der Waals surface area (Å²) in [7, 11) is 0. The number of aromatic nitrogens is 3. The highest BCUT2D eigenvalue weighted by Gasteiger charge is 2.12. The average Bonchev–Trinajstić information content (AvgIpc) is 2.90. The van der Waals surface area contributed by atoms with E-state index < -0.39 is 0 Å². The van der Waals surface area contributed by atoms with Gasteiger partial charge in [0, 0.05) is 23.1 Å². The predicted molar refractivity (Wildman–Crippen MR) is 93.2 cm³/mol. The fourth-order valence-corrected chi connectivity index (χ4v) is 3.10. The first-order valence-electron chi connectivity index (χ1n) is 7.24. The van der Waals surface area contributed by atoms with Crippen molar-refractivity contribution in [3.8, 4) is 0 Å². The van der Waals surface area contributed by atoms with Crippen LogP contribution in [0.3, 0.4) is 0 Å². The molecule has 0 unspecified atom stereocenters. The Labute approximate surface area is 143 Å². The highest BCUT2D eigenvalue weighted by atomic mass is 79.9. The Morgan fingerprint density at radius 3 is 2.64 bits per heavy atom. The van der Waals surface area contributed by atoms with Crippen LogP contribution in [0.5, 0.6) is 0 Å². The zero-order chi connectivity index (χ0) is 15.9. The van der Waals surface area contributed by atoms with E-state index in [9.17, 15) is 4.79 Å². The van der Waals surface area contributed by atoms with Gasteiger partial charge in [-0.2, -0.15) is 0 Å². The molecule has 0 atom stereocenters. The molecule has 0 radical (unpaired) electrons. The van der Waals surface area contributed by atoms with Crippen LogP contribution in [0, 0.1) is 0 Å². The van der Waals surface area contributed by atoms with Gasteiger partial charge in [-0.05, 0) is 37.6 Å². The number of nitrogens with zero attached hydrogens (tertiary/aromatic N) is 3. The monoisotopic (exact) mass is 382 g/mol. The Hall–Kier alpha value is -1.34. The molecule has 1 aromatic carbocycles. The van der Waals surface area contributed by atoms with E-state index in [1.807, 2.05) is 24.3 Å². The first kappa shape index (κ1) is 17.0. The van der Waals surface area contributed by atoms with Crippen LogP contribution in [0.4, 0.5) is 5.69 Å². The highest BCUT2D eigenvalue weighted by Crippen LogP contribution is 2.19.